The Kier molecular flexibility index (Phi) is 3.46. The van der Waals surface area contributed by atoms with Crippen molar-refractivity contribution in [2.45, 2.75) is 13.3 Å². The highest BCUT2D eigenvalue weighted by Gasteiger charge is 2.30. The lowest BCUT2D eigenvalue weighted by atomic mass is 9.91. The molecule has 0 saturated carbocycles. The Morgan fingerprint density at radius 1 is 1.43 bits per heavy atom. The summed E-state index contributed by atoms with van der Waals surface area (Å²) in [6.45, 7) is 2.78. The monoisotopic (exact) mass is 201 g/mol. The zero-order valence-electron chi connectivity index (χ0n) is 8.14. The molecule has 1 amide bonds. The van der Waals surface area contributed by atoms with E-state index in [0.29, 0.717) is 13.1 Å². The third-order valence-corrected chi connectivity index (χ3v) is 2.47. The Hall–Kier alpha value is -1.10. The van der Waals surface area contributed by atoms with E-state index in [1.54, 1.807) is 0 Å². The fraction of sp³-hybridized carbons (Fsp3) is 0.778. The predicted molar refractivity (Wildman–Crippen MR) is 48.6 cm³/mol. The van der Waals surface area contributed by atoms with Crippen molar-refractivity contribution in [2.24, 2.45) is 11.8 Å². The number of carboxylic acids is 1. The number of nitrogens with zero attached hydrogens (tertiary/aromatic N) is 1. The van der Waals surface area contributed by atoms with Crippen molar-refractivity contribution in [3.05, 3.63) is 0 Å². The van der Waals surface area contributed by atoms with Gasteiger partial charge in [-0.05, 0) is 18.3 Å². The van der Waals surface area contributed by atoms with Crippen LogP contribution in [0.5, 0.6) is 0 Å². The largest absolute Gasteiger partial charge is 0.474 e. The number of amides is 1. The summed E-state index contributed by atoms with van der Waals surface area (Å²) >= 11 is 0. The highest BCUT2D eigenvalue weighted by molar-refractivity contribution is 6.31. The third-order valence-electron chi connectivity index (χ3n) is 2.47. The van der Waals surface area contributed by atoms with Gasteiger partial charge >= 0.3 is 11.9 Å². The van der Waals surface area contributed by atoms with Gasteiger partial charge in [0, 0.05) is 19.7 Å². The number of aliphatic hydroxyl groups excluding tert-OH is 1. The minimum atomic E-state index is -1.42. The fourth-order valence-electron chi connectivity index (χ4n) is 1.91. The lowest BCUT2D eigenvalue weighted by molar-refractivity contribution is -0.157. The third kappa shape index (κ3) is 2.45. The molecule has 2 unspecified atom stereocenters. The standard InChI is InChI=1S/C9H15NO4/c1-6-2-7(5-11)4-10(3-6)8(12)9(13)14/h6-7,11H,2-5H2,1H3,(H,13,14). The van der Waals surface area contributed by atoms with E-state index in [1.165, 1.54) is 4.90 Å². The van der Waals surface area contributed by atoms with Crippen LogP contribution in [0.25, 0.3) is 0 Å². The molecule has 80 valence electrons. The molecule has 0 aromatic carbocycles. The molecule has 5 heteroatoms. The number of hydrogen-bond donors (Lipinski definition) is 2. The Balaban J connectivity index is 2.61. The number of rotatable bonds is 1. The van der Waals surface area contributed by atoms with E-state index in [2.05, 4.69) is 0 Å². The summed E-state index contributed by atoms with van der Waals surface area (Å²) in [7, 11) is 0. The quantitative estimate of drug-likeness (QED) is 0.563. The zero-order chi connectivity index (χ0) is 10.7. The van der Waals surface area contributed by atoms with Crippen LogP contribution < -0.4 is 0 Å². The molecule has 14 heavy (non-hydrogen) atoms. The molecule has 0 aromatic rings. The molecular weight excluding hydrogens is 186 g/mol. The molecule has 0 radical (unpaired) electrons. The fourth-order valence-corrected chi connectivity index (χ4v) is 1.91. The van der Waals surface area contributed by atoms with Crippen molar-refractivity contribution in [2.75, 3.05) is 19.7 Å². The van der Waals surface area contributed by atoms with Crippen LogP contribution in [0, 0.1) is 11.8 Å². The van der Waals surface area contributed by atoms with Gasteiger partial charge in [-0.15, -0.1) is 0 Å². The second kappa shape index (κ2) is 4.41. The number of aliphatic hydroxyl groups is 1. The van der Waals surface area contributed by atoms with E-state index in [9.17, 15) is 9.59 Å². The molecule has 1 aliphatic heterocycles. The molecule has 0 bridgehead atoms. The van der Waals surface area contributed by atoms with Gasteiger partial charge in [0.25, 0.3) is 0 Å². The van der Waals surface area contributed by atoms with Crippen molar-refractivity contribution in [3.63, 3.8) is 0 Å². The molecule has 2 N–H and O–H groups in total. The maximum atomic E-state index is 11.1. The molecule has 1 aliphatic rings. The van der Waals surface area contributed by atoms with Gasteiger partial charge in [0.1, 0.15) is 0 Å². The van der Waals surface area contributed by atoms with E-state index in [4.69, 9.17) is 10.2 Å². The van der Waals surface area contributed by atoms with Crippen molar-refractivity contribution in [1.29, 1.82) is 0 Å². The van der Waals surface area contributed by atoms with Gasteiger partial charge in [-0.3, -0.25) is 4.79 Å². The summed E-state index contributed by atoms with van der Waals surface area (Å²) in [5.41, 5.74) is 0. The number of carbonyl (C=O) groups is 2. The van der Waals surface area contributed by atoms with E-state index in [-0.39, 0.29) is 18.4 Å². The number of aliphatic carboxylic acids is 1. The van der Waals surface area contributed by atoms with E-state index in [0.717, 1.165) is 6.42 Å². The van der Waals surface area contributed by atoms with E-state index < -0.39 is 11.9 Å². The van der Waals surface area contributed by atoms with Gasteiger partial charge in [0.2, 0.25) is 0 Å². The summed E-state index contributed by atoms with van der Waals surface area (Å²) in [5, 5.41) is 17.5. The van der Waals surface area contributed by atoms with Gasteiger partial charge < -0.3 is 15.1 Å². The average molecular weight is 201 g/mol. The molecule has 1 heterocycles. The van der Waals surface area contributed by atoms with Gasteiger partial charge in [-0.2, -0.15) is 0 Å². The topological polar surface area (TPSA) is 77.8 Å². The second-order valence-electron chi connectivity index (χ2n) is 3.90. The first-order chi connectivity index (χ1) is 6.54. The predicted octanol–water partition coefficient (Wildman–Crippen LogP) is -0.452. The minimum Gasteiger partial charge on any atom is -0.474 e. The van der Waals surface area contributed by atoms with Gasteiger partial charge in [-0.25, -0.2) is 4.79 Å². The first-order valence-electron chi connectivity index (χ1n) is 4.67. The van der Waals surface area contributed by atoms with Crippen LogP contribution in [-0.4, -0.2) is 46.7 Å². The van der Waals surface area contributed by atoms with Crippen LogP contribution in [0.3, 0.4) is 0 Å². The van der Waals surface area contributed by atoms with Crippen molar-refractivity contribution in [1.82, 2.24) is 4.90 Å². The lowest BCUT2D eigenvalue weighted by Crippen LogP contribution is -2.46. The molecule has 0 aliphatic carbocycles. The molecule has 0 aromatic heterocycles. The molecule has 2 atom stereocenters. The van der Waals surface area contributed by atoms with Crippen LogP contribution in [-0.2, 0) is 9.59 Å². The van der Waals surface area contributed by atoms with Gasteiger partial charge in [0.05, 0.1) is 0 Å². The van der Waals surface area contributed by atoms with Crippen LogP contribution in [0.15, 0.2) is 0 Å². The first-order valence-corrected chi connectivity index (χ1v) is 4.67. The number of likely N-dealkylation sites (tertiary alicyclic amines) is 1. The Morgan fingerprint density at radius 3 is 2.57 bits per heavy atom. The number of hydrogen-bond acceptors (Lipinski definition) is 3. The maximum Gasteiger partial charge on any atom is 0.394 e. The summed E-state index contributed by atoms with van der Waals surface area (Å²) < 4.78 is 0. The molecule has 0 spiro atoms. The molecule has 1 rings (SSSR count). The summed E-state index contributed by atoms with van der Waals surface area (Å²) in [6.07, 6.45) is 0.847. The number of piperidine rings is 1. The SMILES string of the molecule is CC1CC(CO)CN(C(=O)C(=O)O)C1. The number of carbonyl (C=O) groups excluding carboxylic acids is 1. The summed E-state index contributed by atoms with van der Waals surface area (Å²) in [5.74, 6) is -2.02. The molecular formula is C9H15NO4. The Bertz CT molecular complexity index is 241. The van der Waals surface area contributed by atoms with E-state index in [1.807, 2.05) is 6.92 Å². The average Bonchev–Trinajstić information content (AvgIpc) is 2.15. The Labute approximate surface area is 82.3 Å². The molecule has 5 nitrogen and oxygen atoms in total. The minimum absolute atomic E-state index is 0.00768. The lowest BCUT2D eigenvalue weighted by Gasteiger charge is -2.34. The zero-order valence-corrected chi connectivity index (χ0v) is 8.14. The van der Waals surface area contributed by atoms with Crippen LogP contribution >= 0.6 is 0 Å². The van der Waals surface area contributed by atoms with Crippen LogP contribution in [0.2, 0.25) is 0 Å². The van der Waals surface area contributed by atoms with Crippen molar-refractivity contribution in [3.8, 4) is 0 Å². The van der Waals surface area contributed by atoms with Crippen LogP contribution in [0.4, 0.5) is 0 Å². The van der Waals surface area contributed by atoms with Crippen LogP contribution in [0.1, 0.15) is 13.3 Å². The van der Waals surface area contributed by atoms with E-state index >= 15 is 0 Å². The first kappa shape index (κ1) is 11.0. The summed E-state index contributed by atoms with van der Waals surface area (Å²) in [6, 6.07) is 0. The van der Waals surface area contributed by atoms with Gasteiger partial charge in [-0.1, -0.05) is 6.92 Å². The normalized spacial score (nSPS) is 27.4. The van der Waals surface area contributed by atoms with Gasteiger partial charge in [0.15, 0.2) is 0 Å². The number of carboxylic acid groups (broad SMARTS) is 1. The molecule has 1 saturated heterocycles. The summed E-state index contributed by atoms with van der Waals surface area (Å²) in [4.78, 5) is 22.9. The Morgan fingerprint density at radius 2 is 2.07 bits per heavy atom. The maximum absolute atomic E-state index is 11.1. The second-order valence-corrected chi connectivity index (χ2v) is 3.90. The smallest absolute Gasteiger partial charge is 0.394 e. The van der Waals surface area contributed by atoms with Crippen molar-refractivity contribution >= 4 is 11.9 Å². The highest BCUT2D eigenvalue weighted by Crippen LogP contribution is 2.20. The van der Waals surface area contributed by atoms with Crippen molar-refractivity contribution < 1.29 is 19.8 Å². The highest BCUT2D eigenvalue weighted by atomic mass is 16.4. The molecule has 1 fully saturated rings.